The highest BCUT2D eigenvalue weighted by molar-refractivity contribution is 5.71. The van der Waals surface area contributed by atoms with Crippen molar-refractivity contribution in [1.29, 1.82) is 0 Å². The summed E-state index contributed by atoms with van der Waals surface area (Å²) in [6.07, 6.45) is 94.8. The van der Waals surface area contributed by atoms with Crippen molar-refractivity contribution in [2.75, 3.05) is 13.2 Å². The van der Waals surface area contributed by atoms with E-state index < -0.39 is 6.10 Å². The van der Waals surface area contributed by atoms with Gasteiger partial charge in [0.25, 0.3) is 0 Å². The predicted octanol–water partition coefficient (Wildman–Crippen LogP) is 22.9. The van der Waals surface area contributed by atoms with E-state index in [4.69, 9.17) is 14.2 Å². The van der Waals surface area contributed by atoms with Crippen LogP contribution in [0.4, 0.5) is 0 Å². The molecule has 6 heteroatoms. The van der Waals surface area contributed by atoms with Gasteiger partial charge in [0.15, 0.2) is 6.10 Å². The lowest BCUT2D eigenvalue weighted by molar-refractivity contribution is -0.167. The summed E-state index contributed by atoms with van der Waals surface area (Å²) in [5.74, 6) is -0.917. The molecule has 0 radical (unpaired) electrons. The summed E-state index contributed by atoms with van der Waals surface area (Å²) in [4.78, 5) is 38.1. The van der Waals surface area contributed by atoms with E-state index in [2.05, 4.69) is 154 Å². The molecule has 0 aromatic carbocycles. The molecule has 0 aliphatic carbocycles. The largest absolute Gasteiger partial charge is 0.462 e. The van der Waals surface area contributed by atoms with Crippen LogP contribution in [0.25, 0.3) is 0 Å². The molecule has 1 atom stereocenters. The lowest BCUT2D eigenvalue weighted by Crippen LogP contribution is -2.30. The van der Waals surface area contributed by atoms with Crippen LogP contribution in [0.5, 0.6) is 0 Å². The van der Waals surface area contributed by atoms with Gasteiger partial charge >= 0.3 is 17.9 Å². The molecule has 0 bridgehead atoms. The molecule has 0 spiro atoms. The quantitative estimate of drug-likeness (QED) is 0.0261. The van der Waals surface area contributed by atoms with Crippen LogP contribution in [-0.4, -0.2) is 37.2 Å². The number of rotatable bonds is 59. The Balaban J connectivity index is 4.23. The van der Waals surface area contributed by atoms with E-state index in [1.165, 1.54) is 122 Å². The zero-order chi connectivity index (χ0) is 57.8. The summed E-state index contributed by atoms with van der Waals surface area (Å²) in [5, 5.41) is 0. The van der Waals surface area contributed by atoms with Crippen LogP contribution in [-0.2, 0) is 28.6 Å². The highest BCUT2D eigenvalue weighted by Crippen LogP contribution is 2.15. The Morgan fingerprint density at radius 1 is 0.263 bits per heavy atom. The van der Waals surface area contributed by atoms with E-state index in [9.17, 15) is 14.4 Å². The van der Waals surface area contributed by atoms with Crippen molar-refractivity contribution in [1.82, 2.24) is 0 Å². The lowest BCUT2D eigenvalue weighted by atomic mass is 10.1. The van der Waals surface area contributed by atoms with Gasteiger partial charge in [0.05, 0.1) is 0 Å². The lowest BCUT2D eigenvalue weighted by Gasteiger charge is -2.18. The zero-order valence-corrected chi connectivity index (χ0v) is 52.0. The van der Waals surface area contributed by atoms with Crippen molar-refractivity contribution in [3.05, 3.63) is 134 Å². The van der Waals surface area contributed by atoms with Crippen LogP contribution >= 0.6 is 0 Å². The van der Waals surface area contributed by atoms with Crippen LogP contribution < -0.4 is 0 Å². The van der Waals surface area contributed by atoms with E-state index in [-0.39, 0.29) is 31.1 Å². The van der Waals surface area contributed by atoms with Crippen molar-refractivity contribution >= 4 is 17.9 Å². The van der Waals surface area contributed by atoms with Crippen molar-refractivity contribution in [3.8, 4) is 0 Å². The second-order valence-electron chi connectivity index (χ2n) is 21.6. The molecule has 0 fully saturated rings. The van der Waals surface area contributed by atoms with E-state index >= 15 is 0 Å². The van der Waals surface area contributed by atoms with E-state index in [1.54, 1.807) is 0 Å². The number of carbonyl (C=O) groups is 3. The summed E-state index contributed by atoms with van der Waals surface area (Å²) < 4.78 is 16.8. The topological polar surface area (TPSA) is 78.9 Å². The predicted molar refractivity (Wildman–Crippen MR) is 348 cm³/mol. The number of carbonyl (C=O) groups excluding carboxylic acids is 3. The third-order valence-corrected chi connectivity index (χ3v) is 13.9. The second-order valence-corrected chi connectivity index (χ2v) is 21.6. The minimum absolute atomic E-state index is 0.0875. The van der Waals surface area contributed by atoms with Crippen molar-refractivity contribution in [2.24, 2.45) is 0 Å². The molecular formula is C74H122O6. The number of esters is 3. The maximum Gasteiger partial charge on any atom is 0.306 e. The first-order valence-corrected chi connectivity index (χ1v) is 33.2. The molecule has 0 amide bonds. The zero-order valence-electron chi connectivity index (χ0n) is 52.0. The molecule has 0 heterocycles. The third-order valence-electron chi connectivity index (χ3n) is 13.9. The maximum atomic E-state index is 12.9. The Hall–Kier alpha value is -4.45. The Morgan fingerprint density at radius 2 is 0.487 bits per heavy atom. The van der Waals surface area contributed by atoms with Crippen LogP contribution in [0.2, 0.25) is 0 Å². The van der Waals surface area contributed by atoms with Crippen molar-refractivity contribution < 1.29 is 28.6 Å². The summed E-state index contributed by atoms with van der Waals surface area (Å²) in [5.41, 5.74) is 0. The van der Waals surface area contributed by atoms with Crippen molar-refractivity contribution in [2.45, 2.75) is 303 Å². The highest BCUT2D eigenvalue weighted by atomic mass is 16.6. The molecule has 0 saturated heterocycles. The molecule has 0 rings (SSSR count). The number of hydrogen-bond donors (Lipinski definition) is 0. The van der Waals surface area contributed by atoms with Gasteiger partial charge in [-0.05, 0) is 122 Å². The van der Waals surface area contributed by atoms with Crippen LogP contribution in [0.1, 0.15) is 297 Å². The number of unbranched alkanes of at least 4 members (excludes halogenated alkanes) is 26. The molecule has 454 valence electrons. The van der Waals surface area contributed by atoms with Crippen LogP contribution in [0, 0.1) is 0 Å². The first kappa shape index (κ1) is 75.5. The maximum absolute atomic E-state index is 12.9. The minimum Gasteiger partial charge on any atom is -0.462 e. The van der Waals surface area contributed by atoms with Crippen molar-refractivity contribution in [3.63, 3.8) is 0 Å². The molecule has 0 aromatic heterocycles. The normalized spacial score (nSPS) is 13.0. The Kier molecular flexibility index (Phi) is 63.3. The molecule has 1 unspecified atom stereocenters. The number of ether oxygens (including phenoxy) is 3. The first-order chi connectivity index (χ1) is 39.5. The second kappa shape index (κ2) is 67.1. The molecule has 0 saturated carbocycles. The van der Waals surface area contributed by atoms with E-state index in [0.717, 1.165) is 135 Å². The Morgan fingerprint density at radius 3 is 0.775 bits per heavy atom. The van der Waals surface area contributed by atoms with Gasteiger partial charge in [-0.3, -0.25) is 14.4 Å². The van der Waals surface area contributed by atoms with E-state index in [0.29, 0.717) is 19.3 Å². The van der Waals surface area contributed by atoms with Gasteiger partial charge in [-0.25, -0.2) is 0 Å². The number of allylic oxidation sites excluding steroid dienone is 22. The van der Waals surface area contributed by atoms with Gasteiger partial charge in [-0.2, -0.15) is 0 Å². The third kappa shape index (κ3) is 64.4. The van der Waals surface area contributed by atoms with Gasteiger partial charge in [0, 0.05) is 19.3 Å². The average molecular weight is 1110 g/mol. The summed E-state index contributed by atoms with van der Waals surface area (Å²) in [6, 6.07) is 0. The number of hydrogen-bond acceptors (Lipinski definition) is 6. The minimum atomic E-state index is -0.791. The molecule has 6 nitrogen and oxygen atoms in total. The van der Waals surface area contributed by atoms with Gasteiger partial charge in [-0.15, -0.1) is 0 Å². The first-order valence-electron chi connectivity index (χ1n) is 33.2. The van der Waals surface area contributed by atoms with Crippen LogP contribution in [0.15, 0.2) is 134 Å². The fraction of sp³-hybridized carbons (Fsp3) is 0.662. The standard InChI is InChI=1S/C74H122O6/c1-4-7-10-13-16-19-21-23-25-27-29-30-31-32-33-34-35-36-37-38-39-40-41-42-43-44-46-47-49-51-53-55-58-61-64-67-73(76)79-70-71(69-78-72(75)66-63-60-57-18-15-12-9-6-3)80-74(77)68-65-62-59-56-54-52-50-48-45-28-26-24-22-20-17-14-11-8-5-2/h7,10,16,19,23-26,29-30,32-33,35-36,38-39,41-42,44,46,49,51,71H,4-6,8-9,11-15,17-18,20-22,27-28,31,34,37,40,43,45,47-48,50,52-70H2,1-3H3/b10-7-,19-16-,25-23-,26-24-,30-29-,33-32-,36-35-,39-38-,42-41-,46-44-,51-49-. The highest BCUT2D eigenvalue weighted by Gasteiger charge is 2.19. The molecule has 0 N–H and O–H groups in total. The van der Waals surface area contributed by atoms with Gasteiger partial charge in [0.1, 0.15) is 13.2 Å². The smallest absolute Gasteiger partial charge is 0.306 e. The fourth-order valence-corrected chi connectivity index (χ4v) is 8.94. The van der Waals surface area contributed by atoms with Gasteiger partial charge < -0.3 is 14.2 Å². The summed E-state index contributed by atoms with van der Waals surface area (Å²) in [7, 11) is 0. The fourth-order valence-electron chi connectivity index (χ4n) is 8.94. The summed E-state index contributed by atoms with van der Waals surface area (Å²) in [6.45, 7) is 6.48. The molecule has 0 aliphatic heterocycles. The monoisotopic (exact) mass is 1110 g/mol. The van der Waals surface area contributed by atoms with E-state index in [1.807, 2.05) is 0 Å². The SMILES string of the molecule is CC/C=C\C/C=C\C/C=C\C/C=C\C/C=C\C/C=C\C/C=C\C/C=C\C/C=C\C/C=C\CCCCCCC(=O)OCC(COC(=O)CCCCCCCCCC)OC(=O)CCCCCCCCCCC/C=C\CCCCCCCC. The molecular weight excluding hydrogens is 985 g/mol. The van der Waals surface area contributed by atoms with Gasteiger partial charge in [0.2, 0.25) is 0 Å². The molecule has 0 aromatic rings. The molecule has 0 aliphatic rings. The Bertz CT molecular complexity index is 1700. The molecule has 80 heavy (non-hydrogen) atoms. The average Bonchev–Trinajstić information content (AvgIpc) is 3.46. The van der Waals surface area contributed by atoms with Gasteiger partial charge in [-0.1, -0.05) is 289 Å². The summed E-state index contributed by atoms with van der Waals surface area (Å²) >= 11 is 0. The van der Waals surface area contributed by atoms with Crippen LogP contribution in [0.3, 0.4) is 0 Å². The Labute approximate surface area is 494 Å².